The first-order valence-electron chi connectivity index (χ1n) is 8.17. The van der Waals surface area contributed by atoms with Gasteiger partial charge in [-0.05, 0) is 56.3 Å². The summed E-state index contributed by atoms with van der Waals surface area (Å²) < 4.78 is 11.8. The summed E-state index contributed by atoms with van der Waals surface area (Å²) in [7, 11) is 0. The van der Waals surface area contributed by atoms with Crippen LogP contribution in [0, 0.1) is 17.8 Å². The molecule has 5 unspecified atom stereocenters. The first-order valence-corrected chi connectivity index (χ1v) is 8.17. The Bertz CT molecular complexity index is 297. The van der Waals surface area contributed by atoms with Crippen LogP contribution < -0.4 is 0 Å². The lowest BCUT2D eigenvalue weighted by Gasteiger charge is -2.27. The Morgan fingerprint density at radius 3 is 2.28 bits per heavy atom. The van der Waals surface area contributed by atoms with E-state index < -0.39 is 0 Å². The van der Waals surface area contributed by atoms with Gasteiger partial charge in [-0.2, -0.15) is 0 Å². The van der Waals surface area contributed by atoms with Crippen molar-refractivity contribution in [2.45, 2.75) is 76.1 Å². The van der Waals surface area contributed by atoms with Gasteiger partial charge < -0.3 is 9.47 Å². The number of hydrogen-bond acceptors (Lipinski definition) is 2. The summed E-state index contributed by atoms with van der Waals surface area (Å²) >= 11 is 0. The van der Waals surface area contributed by atoms with Crippen molar-refractivity contribution in [2.75, 3.05) is 6.61 Å². The van der Waals surface area contributed by atoms with Gasteiger partial charge >= 0.3 is 0 Å². The zero-order chi connectivity index (χ0) is 11.9. The molecule has 18 heavy (non-hydrogen) atoms. The molecule has 2 saturated carbocycles. The molecule has 0 aromatic rings. The van der Waals surface area contributed by atoms with Crippen molar-refractivity contribution in [1.82, 2.24) is 0 Å². The first-order chi connectivity index (χ1) is 8.90. The van der Waals surface area contributed by atoms with E-state index in [1.165, 1.54) is 57.8 Å². The van der Waals surface area contributed by atoms with Gasteiger partial charge in [-0.3, -0.25) is 0 Å². The summed E-state index contributed by atoms with van der Waals surface area (Å²) in [6.07, 6.45) is 14.5. The molecule has 0 aromatic carbocycles. The molecular formula is C16H26O2. The Morgan fingerprint density at radius 2 is 1.44 bits per heavy atom. The molecule has 0 radical (unpaired) electrons. The first kappa shape index (κ1) is 11.7. The molecule has 0 N–H and O–H groups in total. The third kappa shape index (κ3) is 2.22. The summed E-state index contributed by atoms with van der Waals surface area (Å²) in [5, 5.41) is 0. The molecule has 2 heterocycles. The highest BCUT2D eigenvalue weighted by molar-refractivity contribution is 4.95. The van der Waals surface area contributed by atoms with Crippen LogP contribution in [0.15, 0.2) is 0 Å². The molecule has 0 aromatic heterocycles. The fourth-order valence-corrected chi connectivity index (χ4v) is 4.71. The minimum Gasteiger partial charge on any atom is -0.378 e. The van der Waals surface area contributed by atoms with Gasteiger partial charge in [-0.1, -0.05) is 19.3 Å². The van der Waals surface area contributed by atoms with Crippen molar-refractivity contribution in [2.24, 2.45) is 17.8 Å². The van der Waals surface area contributed by atoms with Gasteiger partial charge in [-0.15, -0.1) is 0 Å². The van der Waals surface area contributed by atoms with E-state index in [1.807, 2.05) is 0 Å². The van der Waals surface area contributed by atoms with Crippen LogP contribution in [0.4, 0.5) is 0 Å². The van der Waals surface area contributed by atoms with Crippen LogP contribution in [0.25, 0.3) is 0 Å². The van der Waals surface area contributed by atoms with Crippen molar-refractivity contribution in [3.8, 4) is 0 Å². The van der Waals surface area contributed by atoms with Crippen molar-refractivity contribution < 1.29 is 9.47 Å². The minimum absolute atomic E-state index is 0.605. The van der Waals surface area contributed by atoms with Gasteiger partial charge in [0.1, 0.15) is 0 Å². The topological polar surface area (TPSA) is 21.8 Å². The van der Waals surface area contributed by atoms with Gasteiger partial charge in [-0.25, -0.2) is 0 Å². The Labute approximate surface area is 110 Å². The van der Waals surface area contributed by atoms with Gasteiger partial charge in [0.2, 0.25) is 0 Å². The average molecular weight is 250 g/mol. The van der Waals surface area contributed by atoms with E-state index in [2.05, 4.69) is 0 Å². The Balaban J connectivity index is 1.32. The predicted octanol–water partition coefficient (Wildman–Crippen LogP) is 3.54. The molecule has 0 spiro atoms. The van der Waals surface area contributed by atoms with Gasteiger partial charge in [0.15, 0.2) is 0 Å². The molecule has 0 bridgehead atoms. The summed E-state index contributed by atoms with van der Waals surface area (Å²) in [6, 6.07) is 0. The van der Waals surface area contributed by atoms with E-state index in [9.17, 15) is 0 Å². The number of epoxide rings is 1. The lowest BCUT2D eigenvalue weighted by Crippen LogP contribution is -2.24. The van der Waals surface area contributed by atoms with Crippen molar-refractivity contribution in [1.29, 1.82) is 0 Å². The maximum atomic E-state index is 6.17. The predicted molar refractivity (Wildman–Crippen MR) is 70.4 cm³/mol. The van der Waals surface area contributed by atoms with Crippen LogP contribution >= 0.6 is 0 Å². The second-order valence-electron chi connectivity index (χ2n) is 7.05. The van der Waals surface area contributed by atoms with E-state index in [-0.39, 0.29) is 0 Å². The molecule has 102 valence electrons. The number of ether oxygens (including phenoxy) is 2. The summed E-state index contributed by atoms with van der Waals surface area (Å²) in [5.41, 5.74) is 0. The second kappa shape index (κ2) is 4.79. The highest BCUT2D eigenvalue weighted by atomic mass is 16.6. The lowest BCUT2D eigenvalue weighted by atomic mass is 9.76. The summed E-state index contributed by atoms with van der Waals surface area (Å²) in [6.45, 7) is 1.04. The van der Waals surface area contributed by atoms with Crippen molar-refractivity contribution >= 4 is 0 Å². The highest BCUT2D eigenvalue weighted by Crippen LogP contribution is 2.46. The van der Waals surface area contributed by atoms with E-state index in [4.69, 9.17) is 9.47 Å². The summed E-state index contributed by atoms with van der Waals surface area (Å²) in [4.78, 5) is 0. The van der Waals surface area contributed by atoms with Crippen molar-refractivity contribution in [3.05, 3.63) is 0 Å². The second-order valence-corrected chi connectivity index (χ2v) is 7.05. The molecule has 2 nitrogen and oxygen atoms in total. The van der Waals surface area contributed by atoms with E-state index in [0.29, 0.717) is 18.3 Å². The van der Waals surface area contributed by atoms with Crippen LogP contribution in [-0.2, 0) is 9.47 Å². The largest absolute Gasteiger partial charge is 0.378 e. The average Bonchev–Trinajstić information content (AvgIpc) is 3.04. The molecule has 4 rings (SSSR count). The van der Waals surface area contributed by atoms with E-state index in [1.54, 1.807) is 0 Å². The molecular weight excluding hydrogens is 224 g/mol. The molecule has 4 aliphatic rings. The Hall–Kier alpha value is -0.0800. The molecule has 2 aliphatic heterocycles. The van der Waals surface area contributed by atoms with E-state index in [0.717, 1.165) is 24.4 Å². The van der Waals surface area contributed by atoms with E-state index >= 15 is 0 Å². The van der Waals surface area contributed by atoms with Crippen LogP contribution in [0.1, 0.15) is 57.8 Å². The monoisotopic (exact) mass is 250 g/mol. The third-order valence-electron chi connectivity index (χ3n) is 5.95. The molecule has 0 amide bonds. The van der Waals surface area contributed by atoms with Gasteiger partial charge in [0.05, 0.1) is 24.9 Å². The van der Waals surface area contributed by atoms with Gasteiger partial charge in [0.25, 0.3) is 0 Å². The summed E-state index contributed by atoms with van der Waals surface area (Å²) in [5.74, 6) is 2.64. The van der Waals surface area contributed by atoms with Crippen molar-refractivity contribution in [3.63, 3.8) is 0 Å². The molecule has 2 saturated heterocycles. The molecule has 5 atom stereocenters. The van der Waals surface area contributed by atoms with Crippen LogP contribution in [-0.4, -0.2) is 24.9 Å². The van der Waals surface area contributed by atoms with Crippen LogP contribution in [0.2, 0.25) is 0 Å². The quantitative estimate of drug-likeness (QED) is 0.699. The minimum atomic E-state index is 0.605. The van der Waals surface area contributed by atoms with Crippen LogP contribution in [0.3, 0.4) is 0 Å². The zero-order valence-corrected chi connectivity index (χ0v) is 11.4. The zero-order valence-electron chi connectivity index (χ0n) is 11.4. The fraction of sp³-hybridized carbons (Fsp3) is 1.00. The molecule has 4 fully saturated rings. The number of fused-ring (bicyclic) bond motifs is 1. The standard InChI is InChI=1S/C16H26O2/c1-2-4-11(5-3-1)15-9-13(10-17-15)12-6-7-14-16(8-12)18-14/h11-16H,1-10H2. The smallest absolute Gasteiger partial charge is 0.0844 e. The normalized spacial score (nSPS) is 49.0. The Kier molecular flexibility index (Phi) is 3.12. The molecule has 2 heteroatoms. The highest BCUT2D eigenvalue weighted by Gasteiger charge is 2.47. The molecule has 2 aliphatic carbocycles. The maximum Gasteiger partial charge on any atom is 0.0844 e. The van der Waals surface area contributed by atoms with Gasteiger partial charge in [0, 0.05) is 0 Å². The lowest BCUT2D eigenvalue weighted by molar-refractivity contribution is 0.0443. The third-order valence-corrected chi connectivity index (χ3v) is 5.95. The maximum absolute atomic E-state index is 6.17. The fourth-order valence-electron chi connectivity index (χ4n) is 4.71. The Morgan fingerprint density at radius 1 is 0.611 bits per heavy atom. The number of hydrogen-bond donors (Lipinski definition) is 0. The van der Waals surface area contributed by atoms with Crippen LogP contribution in [0.5, 0.6) is 0 Å². The SMILES string of the molecule is C1CCC(C2CC(C3CCC4OC4C3)CO2)CC1. The number of rotatable bonds is 2.